The van der Waals surface area contributed by atoms with Crippen LogP contribution in [-0.2, 0) is 4.79 Å². The second kappa shape index (κ2) is 4.99. The molecule has 0 unspecified atom stereocenters. The normalized spacial score (nSPS) is 16.3. The Bertz CT molecular complexity index is 443. The molecule has 0 atom stereocenters. The van der Waals surface area contributed by atoms with Crippen molar-refractivity contribution in [2.24, 2.45) is 0 Å². The average Bonchev–Trinajstić information content (AvgIpc) is 2.54. The van der Waals surface area contributed by atoms with E-state index in [1.165, 1.54) is 0 Å². The Labute approximate surface area is 101 Å². The summed E-state index contributed by atoms with van der Waals surface area (Å²) in [6.45, 7) is 4.14. The van der Waals surface area contributed by atoms with Gasteiger partial charge in [-0.25, -0.2) is 0 Å². The number of benzene rings is 1. The second-order valence-corrected chi connectivity index (χ2v) is 4.25. The molecule has 1 amide bonds. The van der Waals surface area contributed by atoms with Gasteiger partial charge in [0.1, 0.15) is 6.29 Å². The molecule has 0 bridgehead atoms. The maximum absolute atomic E-state index is 11.2. The number of nitrogens with one attached hydrogen (secondary N) is 1. The number of nitrogens with zero attached hydrogens (tertiary/aromatic N) is 1. The molecular formula is C13H16N2O2. The van der Waals surface area contributed by atoms with E-state index < -0.39 is 0 Å². The predicted octanol–water partition coefficient (Wildman–Crippen LogP) is 1.13. The Balaban J connectivity index is 2.18. The third-order valence-electron chi connectivity index (χ3n) is 3.06. The van der Waals surface area contributed by atoms with Gasteiger partial charge in [-0.3, -0.25) is 9.59 Å². The smallest absolute Gasteiger partial charge is 0.221 e. The third-order valence-corrected chi connectivity index (χ3v) is 3.06. The molecule has 4 nitrogen and oxygen atoms in total. The van der Waals surface area contributed by atoms with E-state index in [1.807, 2.05) is 25.1 Å². The van der Waals surface area contributed by atoms with E-state index in [9.17, 15) is 9.59 Å². The minimum atomic E-state index is 0.105. The fourth-order valence-electron chi connectivity index (χ4n) is 2.01. The molecule has 1 fully saturated rings. The van der Waals surface area contributed by atoms with Crippen LogP contribution in [0.25, 0.3) is 0 Å². The molecule has 1 saturated heterocycles. The zero-order chi connectivity index (χ0) is 12.3. The molecule has 1 aromatic carbocycles. The molecule has 1 aliphatic heterocycles. The van der Waals surface area contributed by atoms with Crippen LogP contribution >= 0.6 is 0 Å². The lowest BCUT2D eigenvalue weighted by Crippen LogP contribution is -2.28. The van der Waals surface area contributed by atoms with Crippen LogP contribution in [0.4, 0.5) is 5.69 Å². The van der Waals surface area contributed by atoms with Crippen molar-refractivity contribution in [3.8, 4) is 0 Å². The van der Waals surface area contributed by atoms with Gasteiger partial charge >= 0.3 is 0 Å². The summed E-state index contributed by atoms with van der Waals surface area (Å²) in [6, 6.07) is 5.77. The monoisotopic (exact) mass is 232 g/mol. The summed E-state index contributed by atoms with van der Waals surface area (Å²) in [6.07, 6.45) is 1.39. The van der Waals surface area contributed by atoms with Crippen LogP contribution in [0, 0.1) is 6.92 Å². The first-order chi connectivity index (χ1) is 8.20. The van der Waals surface area contributed by atoms with E-state index in [2.05, 4.69) is 10.2 Å². The van der Waals surface area contributed by atoms with Crippen LogP contribution in [0.3, 0.4) is 0 Å². The lowest BCUT2D eigenvalue weighted by atomic mass is 10.1. The van der Waals surface area contributed by atoms with Crippen molar-refractivity contribution in [1.82, 2.24) is 5.32 Å². The molecule has 1 aliphatic rings. The minimum Gasteiger partial charge on any atom is -0.369 e. The Morgan fingerprint density at radius 1 is 1.35 bits per heavy atom. The number of hydrogen-bond acceptors (Lipinski definition) is 3. The maximum Gasteiger partial charge on any atom is 0.221 e. The number of rotatable bonds is 2. The Hall–Kier alpha value is -1.84. The number of carbonyl (C=O) groups excluding carboxylic acids is 2. The molecule has 17 heavy (non-hydrogen) atoms. The molecule has 2 rings (SSSR count). The van der Waals surface area contributed by atoms with E-state index in [1.54, 1.807) is 0 Å². The summed E-state index contributed by atoms with van der Waals surface area (Å²) >= 11 is 0. The highest BCUT2D eigenvalue weighted by atomic mass is 16.1. The standard InChI is InChI=1S/C13H16N2O2/c1-10-8-12(3-2-11(10)9-16)15-6-4-13(17)14-5-7-15/h2-3,8-9H,4-7H2,1H3,(H,14,17). The molecule has 1 aromatic rings. The van der Waals surface area contributed by atoms with Crippen LogP contribution < -0.4 is 10.2 Å². The van der Waals surface area contributed by atoms with Gasteiger partial charge in [0, 0.05) is 37.3 Å². The highest BCUT2D eigenvalue weighted by Crippen LogP contribution is 2.19. The number of anilines is 1. The molecule has 1 N–H and O–H groups in total. The fraction of sp³-hybridized carbons (Fsp3) is 0.385. The Morgan fingerprint density at radius 2 is 2.18 bits per heavy atom. The topological polar surface area (TPSA) is 49.4 Å². The van der Waals surface area contributed by atoms with E-state index in [-0.39, 0.29) is 5.91 Å². The molecule has 0 aliphatic carbocycles. The third kappa shape index (κ3) is 2.64. The van der Waals surface area contributed by atoms with Gasteiger partial charge in [0.2, 0.25) is 5.91 Å². The van der Waals surface area contributed by atoms with Crippen molar-refractivity contribution < 1.29 is 9.59 Å². The summed E-state index contributed by atoms with van der Waals surface area (Å²) in [5.41, 5.74) is 2.77. The quantitative estimate of drug-likeness (QED) is 0.778. The summed E-state index contributed by atoms with van der Waals surface area (Å²) in [4.78, 5) is 24.2. The van der Waals surface area contributed by atoms with Crippen molar-refractivity contribution in [1.29, 1.82) is 0 Å². The summed E-state index contributed by atoms with van der Waals surface area (Å²) in [5.74, 6) is 0.105. The molecule has 0 aromatic heterocycles. The molecular weight excluding hydrogens is 216 g/mol. The van der Waals surface area contributed by atoms with Gasteiger partial charge in [0.05, 0.1) is 0 Å². The van der Waals surface area contributed by atoms with Crippen molar-refractivity contribution in [2.45, 2.75) is 13.3 Å². The van der Waals surface area contributed by atoms with Crippen molar-refractivity contribution in [3.63, 3.8) is 0 Å². The maximum atomic E-state index is 11.2. The summed E-state index contributed by atoms with van der Waals surface area (Å²) < 4.78 is 0. The van der Waals surface area contributed by atoms with Crippen LogP contribution in [0.5, 0.6) is 0 Å². The zero-order valence-electron chi connectivity index (χ0n) is 9.90. The molecule has 4 heteroatoms. The first kappa shape index (κ1) is 11.6. The van der Waals surface area contributed by atoms with Crippen LogP contribution in [-0.4, -0.2) is 31.8 Å². The first-order valence-electron chi connectivity index (χ1n) is 5.78. The minimum absolute atomic E-state index is 0.105. The number of carbonyl (C=O) groups is 2. The van der Waals surface area contributed by atoms with E-state index in [4.69, 9.17) is 0 Å². The van der Waals surface area contributed by atoms with Gasteiger partial charge in [-0.2, -0.15) is 0 Å². The van der Waals surface area contributed by atoms with E-state index >= 15 is 0 Å². The van der Waals surface area contributed by atoms with Crippen LogP contribution in [0.15, 0.2) is 18.2 Å². The fourth-order valence-corrected chi connectivity index (χ4v) is 2.01. The first-order valence-corrected chi connectivity index (χ1v) is 5.78. The number of amides is 1. The largest absolute Gasteiger partial charge is 0.369 e. The van der Waals surface area contributed by atoms with E-state index in [0.29, 0.717) is 13.0 Å². The Kier molecular flexibility index (Phi) is 3.42. The lowest BCUT2D eigenvalue weighted by molar-refractivity contribution is -0.120. The van der Waals surface area contributed by atoms with Crippen molar-refractivity contribution in [3.05, 3.63) is 29.3 Å². The zero-order valence-corrected chi connectivity index (χ0v) is 9.90. The SMILES string of the molecule is Cc1cc(N2CCNC(=O)CC2)ccc1C=O. The van der Waals surface area contributed by atoms with Gasteiger partial charge in [0.25, 0.3) is 0 Å². The molecule has 0 radical (unpaired) electrons. The van der Waals surface area contributed by atoms with Crippen molar-refractivity contribution in [2.75, 3.05) is 24.5 Å². The van der Waals surface area contributed by atoms with Gasteiger partial charge in [-0.15, -0.1) is 0 Å². The number of aryl methyl sites for hydroxylation is 1. The lowest BCUT2D eigenvalue weighted by Gasteiger charge is -2.22. The van der Waals surface area contributed by atoms with Gasteiger partial charge in [0.15, 0.2) is 0 Å². The predicted molar refractivity (Wildman–Crippen MR) is 66.4 cm³/mol. The van der Waals surface area contributed by atoms with E-state index in [0.717, 1.165) is 36.2 Å². The highest BCUT2D eigenvalue weighted by Gasteiger charge is 2.14. The van der Waals surface area contributed by atoms with Gasteiger partial charge in [-0.1, -0.05) is 0 Å². The average molecular weight is 232 g/mol. The summed E-state index contributed by atoms with van der Waals surface area (Å²) in [7, 11) is 0. The molecule has 90 valence electrons. The van der Waals surface area contributed by atoms with Crippen LogP contribution in [0.1, 0.15) is 22.3 Å². The van der Waals surface area contributed by atoms with Crippen LogP contribution in [0.2, 0.25) is 0 Å². The number of hydrogen-bond donors (Lipinski definition) is 1. The summed E-state index contributed by atoms with van der Waals surface area (Å²) in [5, 5.41) is 2.84. The highest BCUT2D eigenvalue weighted by molar-refractivity contribution is 5.79. The molecule has 0 spiro atoms. The van der Waals surface area contributed by atoms with Crippen molar-refractivity contribution >= 4 is 17.9 Å². The number of aldehydes is 1. The molecule has 0 saturated carbocycles. The van der Waals surface area contributed by atoms with Gasteiger partial charge in [-0.05, 0) is 30.7 Å². The second-order valence-electron chi connectivity index (χ2n) is 4.25. The van der Waals surface area contributed by atoms with Gasteiger partial charge < -0.3 is 10.2 Å². The molecule has 1 heterocycles. The Morgan fingerprint density at radius 3 is 2.88 bits per heavy atom.